The molecule has 0 atom stereocenters. The molecule has 1 saturated carbocycles. The molecule has 1 fully saturated rings. The summed E-state index contributed by atoms with van der Waals surface area (Å²) >= 11 is 1.29. The fourth-order valence-corrected chi connectivity index (χ4v) is 4.11. The van der Waals surface area contributed by atoms with Crippen LogP contribution in [0.25, 0.3) is 0 Å². The molecule has 1 aromatic heterocycles. The molecule has 1 aliphatic rings. The Bertz CT molecular complexity index is 922. The minimum Gasteiger partial charge on any atom is -0.356 e. The fraction of sp³-hybridized carbons (Fsp3) is 0.500. The molecule has 2 aromatic rings. The quantitative estimate of drug-likeness (QED) is 0.473. The van der Waals surface area contributed by atoms with Crippen LogP contribution in [-0.4, -0.2) is 46.7 Å². The zero-order valence-corrected chi connectivity index (χ0v) is 19.7. The molecule has 1 aromatic carbocycles. The minimum atomic E-state index is -0.279. The number of thiazole rings is 1. The van der Waals surface area contributed by atoms with Crippen LogP contribution in [0.3, 0.4) is 0 Å². The standard InChI is InChI=1S/C24H32N4O3S/c1-3-4-5-6-13-25-21(29)14-19-16-32-24(26-19)27-22(30)15-28(20-11-12-20)23(31)18-9-7-17(2)8-10-18/h7-10,16,20H,3-6,11-15H2,1-2H3,(H,25,29)(H,26,27,30). The Labute approximate surface area is 193 Å². The molecule has 32 heavy (non-hydrogen) atoms. The number of carbonyl (C=O) groups is 3. The molecule has 1 heterocycles. The number of nitrogens with one attached hydrogen (secondary N) is 2. The van der Waals surface area contributed by atoms with Crippen molar-refractivity contribution in [2.45, 2.75) is 64.8 Å². The Hall–Kier alpha value is -2.74. The first kappa shape index (κ1) is 23.9. The van der Waals surface area contributed by atoms with E-state index in [0.29, 0.717) is 22.9 Å². The SMILES string of the molecule is CCCCCCNC(=O)Cc1csc(NC(=O)CN(C(=O)c2ccc(C)cc2)C2CC2)n1. The van der Waals surface area contributed by atoms with E-state index in [1.807, 2.05) is 19.1 Å². The highest BCUT2D eigenvalue weighted by molar-refractivity contribution is 7.13. The molecule has 0 spiro atoms. The van der Waals surface area contributed by atoms with Crippen LogP contribution < -0.4 is 10.6 Å². The number of rotatable bonds is 12. The Morgan fingerprint density at radius 2 is 1.84 bits per heavy atom. The highest BCUT2D eigenvalue weighted by Crippen LogP contribution is 2.28. The topological polar surface area (TPSA) is 91.4 Å². The molecular weight excluding hydrogens is 424 g/mol. The number of aryl methyl sites for hydroxylation is 1. The summed E-state index contributed by atoms with van der Waals surface area (Å²) in [5.41, 5.74) is 2.31. The first-order valence-electron chi connectivity index (χ1n) is 11.3. The van der Waals surface area contributed by atoms with Gasteiger partial charge in [-0.2, -0.15) is 0 Å². The molecule has 7 nitrogen and oxygen atoms in total. The molecule has 0 bridgehead atoms. The average Bonchev–Trinajstić information content (AvgIpc) is 3.52. The second kappa shape index (κ2) is 11.8. The molecule has 0 aliphatic heterocycles. The van der Waals surface area contributed by atoms with Crippen molar-refractivity contribution in [3.63, 3.8) is 0 Å². The summed E-state index contributed by atoms with van der Waals surface area (Å²) in [7, 11) is 0. The highest BCUT2D eigenvalue weighted by atomic mass is 32.1. The lowest BCUT2D eigenvalue weighted by Crippen LogP contribution is -2.39. The second-order valence-electron chi connectivity index (χ2n) is 8.31. The summed E-state index contributed by atoms with van der Waals surface area (Å²) in [6, 6.07) is 7.51. The number of carbonyl (C=O) groups excluding carboxylic acids is 3. The average molecular weight is 457 g/mol. The Morgan fingerprint density at radius 1 is 1.09 bits per heavy atom. The third-order valence-electron chi connectivity index (χ3n) is 5.35. The van der Waals surface area contributed by atoms with Gasteiger partial charge in [-0.3, -0.25) is 14.4 Å². The zero-order chi connectivity index (χ0) is 22.9. The van der Waals surface area contributed by atoms with E-state index in [4.69, 9.17) is 0 Å². The summed E-state index contributed by atoms with van der Waals surface area (Å²) in [6.45, 7) is 4.80. The summed E-state index contributed by atoms with van der Waals surface area (Å²) < 4.78 is 0. The van der Waals surface area contributed by atoms with Crippen molar-refractivity contribution >= 4 is 34.2 Å². The maximum Gasteiger partial charge on any atom is 0.254 e. The van der Waals surface area contributed by atoms with E-state index in [9.17, 15) is 14.4 Å². The van der Waals surface area contributed by atoms with Crippen LogP contribution in [0.15, 0.2) is 29.6 Å². The number of nitrogens with zero attached hydrogens (tertiary/aromatic N) is 2. The summed E-state index contributed by atoms with van der Waals surface area (Å²) in [5, 5.41) is 7.91. The minimum absolute atomic E-state index is 0.00939. The maximum absolute atomic E-state index is 12.9. The van der Waals surface area contributed by atoms with Gasteiger partial charge in [0.15, 0.2) is 5.13 Å². The summed E-state index contributed by atoms with van der Waals surface area (Å²) in [6.07, 6.45) is 6.48. The number of benzene rings is 1. The lowest BCUT2D eigenvalue weighted by atomic mass is 10.1. The van der Waals surface area contributed by atoms with E-state index in [2.05, 4.69) is 22.5 Å². The predicted molar refractivity (Wildman–Crippen MR) is 127 cm³/mol. The predicted octanol–water partition coefficient (Wildman–Crippen LogP) is 3.93. The number of hydrogen-bond donors (Lipinski definition) is 2. The van der Waals surface area contributed by atoms with Crippen molar-refractivity contribution in [3.8, 4) is 0 Å². The number of amides is 3. The van der Waals surface area contributed by atoms with Crippen LogP contribution in [0.4, 0.5) is 5.13 Å². The normalized spacial score (nSPS) is 12.9. The van der Waals surface area contributed by atoms with Gasteiger partial charge in [0, 0.05) is 23.5 Å². The van der Waals surface area contributed by atoms with E-state index in [0.717, 1.165) is 31.2 Å². The first-order chi connectivity index (χ1) is 15.5. The van der Waals surface area contributed by atoms with E-state index in [-0.39, 0.29) is 36.7 Å². The van der Waals surface area contributed by atoms with Crippen LogP contribution in [0.1, 0.15) is 67.1 Å². The van der Waals surface area contributed by atoms with E-state index in [1.165, 1.54) is 24.2 Å². The van der Waals surface area contributed by atoms with Crippen molar-refractivity contribution in [1.82, 2.24) is 15.2 Å². The fourth-order valence-electron chi connectivity index (χ4n) is 3.38. The van der Waals surface area contributed by atoms with Gasteiger partial charge in [-0.05, 0) is 38.3 Å². The van der Waals surface area contributed by atoms with Gasteiger partial charge < -0.3 is 15.5 Å². The molecular formula is C24H32N4O3S. The van der Waals surface area contributed by atoms with Crippen LogP contribution in [0.2, 0.25) is 0 Å². The number of hydrogen-bond acceptors (Lipinski definition) is 5. The monoisotopic (exact) mass is 456 g/mol. The summed E-state index contributed by atoms with van der Waals surface area (Å²) in [5.74, 6) is -0.468. The van der Waals surface area contributed by atoms with Crippen molar-refractivity contribution in [2.75, 3.05) is 18.4 Å². The largest absolute Gasteiger partial charge is 0.356 e. The lowest BCUT2D eigenvalue weighted by molar-refractivity contribution is -0.120. The van der Waals surface area contributed by atoms with Gasteiger partial charge >= 0.3 is 0 Å². The maximum atomic E-state index is 12.9. The first-order valence-corrected chi connectivity index (χ1v) is 12.2. The molecule has 0 radical (unpaired) electrons. The van der Waals surface area contributed by atoms with E-state index < -0.39 is 0 Å². The molecule has 0 unspecified atom stereocenters. The van der Waals surface area contributed by atoms with Gasteiger partial charge in [-0.25, -0.2) is 4.98 Å². The third kappa shape index (κ3) is 7.44. The van der Waals surface area contributed by atoms with Gasteiger partial charge in [-0.15, -0.1) is 11.3 Å². The van der Waals surface area contributed by atoms with Crippen LogP contribution in [-0.2, 0) is 16.0 Å². The number of anilines is 1. The van der Waals surface area contributed by atoms with Gasteiger partial charge in [0.2, 0.25) is 11.8 Å². The lowest BCUT2D eigenvalue weighted by Gasteiger charge is -2.21. The van der Waals surface area contributed by atoms with Gasteiger partial charge in [0.25, 0.3) is 5.91 Å². The van der Waals surface area contributed by atoms with Gasteiger partial charge in [0.05, 0.1) is 12.1 Å². The molecule has 8 heteroatoms. The van der Waals surface area contributed by atoms with Crippen LogP contribution >= 0.6 is 11.3 Å². The van der Waals surface area contributed by atoms with Crippen molar-refractivity contribution in [1.29, 1.82) is 0 Å². The molecule has 2 N–H and O–H groups in total. The van der Waals surface area contributed by atoms with E-state index in [1.54, 1.807) is 22.4 Å². The number of aromatic nitrogens is 1. The zero-order valence-electron chi connectivity index (χ0n) is 18.9. The molecule has 1 aliphatic carbocycles. The van der Waals surface area contributed by atoms with Crippen molar-refractivity contribution in [2.24, 2.45) is 0 Å². The molecule has 172 valence electrons. The molecule has 3 amide bonds. The summed E-state index contributed by atoms with van der Waals surface area (Å²) in [4.78, 5) is 43.5. The molecule has 3 rings (SSSR count). The number of unbranched alkanes of at least 4 members (excludes halogenated alkanes) is 3. The third-order valence-corrected chi connectivity index (χ3v) is 6.16. The smallest absolute Gasteiger partial charge is 0.254 e. The highest BCUT2D eigenvalue weighted by Gasteiger charge is 2.34. The Kier molecular flexibility index (Phi) is 8.79. The second-order valence-corrected chi connectivity index (χ2v) is 9.17. The van der Waals surface area contributed by atoms with Crippen molar-refractivity contribution < 1.29 is 14.4 Å². The van der Waals surface area contributed by atoms with Gasteiger partial charge in [0.1, 0.15) is 6.54 Å². The Balaban J connectivity index is 1.48. The van der Waals surface area contributed by atoms with Gasteiger partial charge in [-0.1, -0.05) is 43.9 Å². The molecule has 0 saturated heterocycles. The van der Waals surface area contributed by atoms with E-state index >= 15 is 0 Å². The van der Waals surface area contributed by atoms with Crippen LogP contribution in [0.5, 0.6) is 0 Å². The van der Waals surface area contributed by atoms with Crippen molar-refractivity contribution in [3.05, 3.63) is 46.5 Å². The van der Waals surface area contributed by atoms with Crippen LogP contribution in [0, 0.1) is 6.92 Å². The Morgan fingerprint density at radius 3 is 2.53 bits per heavy atom.